The molecular weight excluding hydrogens is 354 g/mol. The van der Waals surface area contributed by atoms with Crippen LogP contribution in [0.15, 0.2) is 30.9 Å². The highest BCUT2D eigenvalue weighted by molar-refractivity contribution is 5.78. The van der Waals surface area contributed by atoms with E-state index in [9.17, 15) is 9.59 Å². The number of carbonyl (C=O) groups is 2. The van der Waals surface area contributed by atoms with Crippen LogP contribution in [-0.4, -0.2) is 56.2 Å². The topological polar surface area (TPSA) is 82.2 Å². The molecule has 0 aromatic carbocycles. The normalized spacial score (nSPS) is 18.2. The zero-order valence-corrected chi connectivity index (χ0v) is 16.4. The number of aromatic amines is 1. The molecule has 0 bridgehead atoms. The lowest BCUT2D eigenvalue weighted by Crippen LogP contribution is -2.58. The number of likely N-dealkylation sites (tertiary alicyclic amines) is 1. The van der Waals surface area contributed by atoms with Gasteiger partial charge < -0.3 is 14.8 Å². The van der Waals surface area contributed by atoms with Crippen molar-refractivity contribution in [1.82, 2.24) is 24.8 Å². The molecule has 2 aliphatic rings. The van der Waals surface area contributed by atoms with Crippen LogP contribution in [0.25, 0.3) is 0 Å². The Morgan fingerprint density at radius 3 is 2.75 bits per heavy atom. The van der Waals surface area contributed by atoms with E-state index in [1.54, 1.807) is 12.5 Å². The molecule has 0 radical (unpaired) electrons. The van der Waals surface area contributed by atoms with E-state index in [4.69, 9.17) is 0 Å². The summed E-state index contributed by atoms with van der Waals surface area (Å²) in [5.41, 5.74) is 2.85. The Bertz CT molecular complexity index is 839. The molecule has 148 valence electrons. The molecular formula is C21H27N5O2. The third-order valence-corrected chi connectivity index (χ3v) is 6.16. The minimum Gasteiger partial charge on any atom is -0.348 e. The summed E-state index contributed by atoms with van der Waals surface area (Å²) in [7, 11) is 0. The van der Waals surface area contributed by atoms with Crippen LogP contribution < -0.4 is 0 Å². The van der Waals surface area contributed by atoms with Crippen LogP contribution in [0.5, 0.6) is 0 Å². The number of amides is 2. The van der Waals surface area contributed by atoms with Crippen molar-refractivity contribution in [2.45, 2.75) is 51.0 Å². The second-order valence-corrected chi connectivity index (χ2v) is 7.65. The average molecular weight is 381 g/mol. The van der Waals surface area contributed by atoms with Gasteiger partial charge in [-0.3, -0.25) is 14.6 Å². The summed E-state index contributed by atoms with van der Waals surface area (Å²) in [6, 6.07) is 3.90. The average Bonchev–Trinajstić information content (AvgIpc) is 3.23. The second kappa shape index (κ2) is 7.73. The number of aryl methyl sites for hydroxylation is 1. The third kappa shape index (κ3) is 3.30. The van der Waals surface area contributed by atoms with Gasteiger partial charge in [0.15, 0.2) is 0 Å². The minimum atomic E-state index is -0.374. The minimum absolute atomic E-state index is 0.171. The first-order valence-corrected chi connectivity index (χ1v) is 10.1. The Morgan fingerprint density at radius 1 is 1.21 bits per heavy atom. The second-order valence-electron chi connectivity index (χ2n) is 7.65. The number of aromatic nitrogens is 3. The first-order valence-electron chi connectivity index (χ1n) is 10.1. The Balaban J connectivity index is 1.45. The molecule has 28 heavy (non-hydrogen) atoms. The van der Waals surface area contributed by atoms with E-state index in [2.05, 4.69) is 15.0 Å². The van der Waals surface area contributed by atoms with E-state index >= 15 is 0 Å². The predicted molar refractivity (Wildman–Crippen MR) is 104 cm³/mol. The lowest BCUT2D eigenvalue weighted by atomic mass is 9.78. The number of fused-ring (bicyclic) bond motifs is 2. The molecule has 0 unspecified atom stereocenters. The van der Waals surface area contributed by atoms with Gasteiger partial charge in [0.2, 0.25) is 11.8 Å². The van der Waals surface area contributed by atoms with Crippen LogP contribution in [-0.2, 0) is 28.0 Å². The van der Waals surface area contributed by atoms with E-state index in [0.717, 1.165) is 42.8 Å². The Labute approximate surface area is 165 Å². The molecule has 2 aliphatic heterocycles. The van der Waals surface area contributed by atoms with Crippen molar-refractivity contribution < 1.29 is 9.59 Å². The Morgan fingerprint density at radius 2 is 2.04 bits per heavy atom. The maximum absolute atomic E-state index is 12.7. The van der Waals surface area contributed by atoms with Crippen LogP contribution in [0.3, 0.4) is 0 Å². The number of hydrogen-bond acceptors (Lipinski definition) is 4. The first-order chi connectivity index (χ1) is 13.6. The van der Waals surface area contributed by atoms with Gasteiger partial charge in [0.25, 0.3) is 0 Å². The van der Waals surface area contributed by atoms with Crippen LogP contribution in [0.4, 0.5) is 0 Å². The molecule has 7 nitrogen and oxygen atoms in total. The third-order valence-electron chi connectivity index (χ3n) is 6.16. The summed E-state index contributed by atoms with van der Waals surface area (Å²) < 4.78 is 0. The molecule has 4 rings (SSSR count). The largest absolute Gasteiger partial charge is 0.348 e. The van der Waals surface area contributed by atoms with Crippen LogP contribution in [0, 0.1) is 0 Å². The van der Waals surface area contributed by atoms with Gasteiger partial charge in [-0.2, -0.15) is 0 Å². The molecule has 1 spiro atoms. The monoisotopic (exact) mass is 381 g/mol. The van der Waals surface area contributed by atoms with E-state index in [1.165, 1.54) is 0 Å². The molecule has 1 fully saturated rings. The number of hydrogen-bond donors (Lipinski definition) is 1. The molecule has 0 aliphatic carbocycles. The molecule has 1 saturated heterocycles. The summed E-state index contributed by atoms with van der Waals surface area (Å²) in [5.74, 6) is 0.343. The molecule has 7 heteroatoms. The highest BCUT2D eigenvalue weighted by atomic mass is 16.2. The summed E-state index contributed by atoms with van der Waals surface area (Å²) in [5, 5.41) is 0. The fraction of sp³-hybridized carbons (Fsp3) is 0.524. The maximum atomic E-state index is 12.7. The van der Waals surface area contributed by atoms with Gasteiger partial charge >= 0.3 is 0 Å². The number of imidazole rings is 1. The predicted octanol–water partition coefficient (Wildman–Crippen LogP) is 2.05. The van der Waals surface area contributed by atoms with Crippen molar-refractivity contribution in [2.75, 3.05) is 19.6 Å². The molecule has 0 atom stereocenters. The van der Waals surface area contributed by atoms with Gasteiger partial charge in [-0.15, -0.1) is 0 Å². The summed E-state index contributed by atoms with van der Waals surface area (Å²) in [6.45, 7) is 3.95. The molecule has 2 amide bonds. The highest BCUT2D eigenvalue weighted by Crippen LogP contribution is 2.42. The number of nitrogens with zero attached hydrogens (tertiary/aromatic N) is 4. The summed E-state index contributed by atoms with van der Waals surface area (Å²) in [4.78, 5) is 41.3. The Kier molecular flexibility index (Phi) is 5.15. The van der Waals surface area contributed by atoms with Crippen molar-refractivity contribution in [1.29, 1.82) is 0 Å². The fourth-order valence-corrected chi connectivity index (χ4v) is 4.62. The van der Waals surface area contributed by atoms with E-state index in [0.29, 0.717) is 32.4 Å². The lowest BCUT2D eigenvalue weighted by molar-refractivity contribution is -0.144. The molecule has 2 aromatic rings. The summed E-state index contributed by atoms with van der Waals surface area (Å²) >= 11 is 0. The van der Waals surface area contributed by atoms with Crippen LogP contribution >= 0.6 is 0 Å². The molecule has 1 N–H and O–H groups in total. The first kappa shape index (κ1) is 18.7. The molecule has 4 heterocycles. The zero-order valence-electron chi connectivity index (χ0n) is 16.4. The van der Waals surface area contributed by atoms with Crippen molar-refractivity contribution in [3.8, 4) is 0 Å². The van der Waals surface area contributed by atoms with Gasteiger partial charge in [0, 0.05) is 57.0 Å². The number of carbonyl (C=O) groups excluding carboxylic acids is 2. The van der Waals surface area contributed by atoms with Crippen molar-refractivity contribution in [3.63, 3.8) is 0 Å². The van der Waals surface area contributed by atoms with Gasteiger partial charge in [-0.25, -0.2) is 4.98 Å². The van der Waals surface area contributed by atoms with E-state index < -0.39 is 0 Å². The van der Waals surface area contributed by atoms with Gasteiger partial charge in [-0.05, 0) is 30.9 Å². The fourth-order valence-electron chi connectivity index (χ4n) is 4.62. The van der Waals surface area contributed by atoms with E-state index in [1.807, 2.05) is 35.1 Å². The SMILES string of the molecule is CCC(=O)N1CCc2[nH]cnc2C12CCN(C(=O)CCc1cccnc1)CC2. The lowest BCUT2D eigenvalue weighted by Gasteiger charge is -2.50. The van der Waals surface area contributed by atoms with Gasteiger partial charge in [0.05, 0.1) is 17.6 Å². The van der Waals surface area contributed by atoms with Crippen LogP contribution in [0.1, 0.15) is 49.6 Å². The number of H-pyrrole nitrogens is 1. The highest BCUT2D eigenvalue weighted by Gasteiger charge is 2.48. The van der Waals surface area contributed by atoms with Crippen molar-refractivity contribution in [2.24, 2.45) is 0 Å². The standard InChI is InChI=1S/C21H27N5O2/c1-2-18(27)26-11-7-17-20(24-15-23-17)21(26)8-12-25(13-9-21)19(28)6-5-16-4-3-10-22-14-16/h3-4,10,14-15H,2,5-9,11-13H2,1H3,(H,23,24). The maximum Gasteiger partial charge on any atom is 0.223 e. The van der Waals surface area contributed by atoms with Gasteiger partial charge in [-0.1, -0.05) is 13.0 Å². The number of pyridine rings is 1. The van der Waals surface area contributed by atoms with Crippen molar-refractivity contribution in [3.05, 3.63) is 47.8 Å². The Hall–Kier alpha value is -2.70. The molecule has 2 aromatic heterocycles. The number of piperidine rings is 1. The number of rotatable bonds is 4. The zero-order chi connectivity index (χ0) is 19.6. The number of nitrogens with one attached hydrogen (secondary N) is 1. The van der Waals surface area contributed by atoms with Gasteiger partial charge in [0.1, 0.15) is 0 Å². The summed E-state index contributed by atoms with van der Waals surface area (Å²) in [6.07, 6.45) is 9.29. The smallest absolute Gasteiger partial charge is 0.223 e. The molecule has 0 saturated carbocycles. The van der Waals surface area contributed by atoms with Crippen molar-refractivity contribution >= 4 is 11.8 Å². The quantitative estimate of drug-likeness (QED) is 0.879. The van der Waals surface area contributed by atoms with Crippen LogP contribution in [0.2, 0.25) is 0 Å². The van der Waals surface area contributed by atoms with E-state index in [-0.39, 0.29) is 17.4 Å².